The Morgan fingerprint density at radius 3 is 2.89 bits per heavy atom. The minimum absolute atomic E-state index is 0.344. The number of ether oxygens (including phenoxy) is 1. The Morgan fingerprint density at radius 1 is 1.26 bits per heavy atom. The Hall–Kier alpha value is -1.51. The molecule has 4 heteroatoms. The van der Waals surface area contributed by atoms with Gasteiger partial charge in [-0.15, -0.1) is 0 Å². The van der Waals surface area contributed by atoms with Crippen LogP contribution in [-0.4, -0.2) is 19.3 Å². The topological polar surface area (TPSA) is 58.0 Å². The van der Waals surface area contributed by atoms with Crippen molar-refractivity contribution in [2.75, 3.05) is 13.2 Å². The molecule has 19 heavy (non-hydrogen) atoms. The summed E-state index contributed by atoms with van der Waals surface area (Å²) in [5, 5.41) is 3.68. The molecule has 0 bridgehead atoms. The van der Waals surface area contributed by atoms with Gasteiger partial charge >= 0.3 is 0 Å². The average molecular weight is 259 g/mol. The van der Waals surface area contributed by atoms with Gasteiger partial charge in [0.15, 0.2) is 0 Å². The summed E-state index contributed by atoms with van der Waals surface area (Å²) < 4.78 is 5.96. The van der Waals surface area contributed by atoms with Crippen LogP contribution in [0.3, 0.4) is 0 Å². The van der Waals surface area contributed by atoms with Crippen molar-refractivity contribution in [3.8, 4) is 0 Å². The summed E-state index contributed by atoms with van der Waals surface area (Å²) >= 11 is 0. The molecular formula is C15H21N3O. The van der Waals surface area contributed by atoms with Gasteiger partial charge in [0.1, 0.15) is 0 Å². The number of hydrogen-bond donors (Lipinski definition) is 0. The van der Waals surface area contributed by atoms with Crippen LogP contribution in [-0.2, 0) is 11.2 Å². The van der Waals surface area contributed by atoms with Crippen molar-refractivity contribution in [1.29, 1.82) is 0 Å². The highest BCUT2D eigenvalue weighted by atomic mass is 16.5. The Labute approximate surface area is 114 Å². The van der Waals surface area contributed by atoms with E-state index >= 15 is 0 Å². The second-order valence-electron chi connectivity index (χ2n) is 5.17. The van der Waals surface area contributed by atoms with E-state index in [0.29, 0.717) is 18.6 Å². The monoisotopic (exact) mass is 259 g/mol. The third-order valence-electron chi connectivity index (χ3n) is 3.72. The van der Waals surface area contributed by atoms with Gasteiger partial charge in [0.05, 0.1) is 12.7 Å². The summed E-state index contributed by atoms with van der Waals surface area (Å²) in [6.07, 6.45) is 5.84. The molecule has 0 spiro atoms. The van der Waals surface area contributed by atoms with E-state index in [1.54, 1.807) is 0 Å². The first-order chi connectivity index (χ1) is 9.38. The first kappa shape index (κ1) is 13.9. The molecule has 1 aromatic rings. The van der Waals surface area contributed by atoms with Crippen LogP contribution in [0.2, 0.25) is 0 Å². The Bertz CT molecular complexity index is 415. The summed E-state index contributed by atoms with van der Waals surface area (Å²) in [5.74, 6) is 0.506. The molecule has 4 nitrogen and oxygen atoms in total. The molecule has 2 rings (SSSR count). The number of hydrogen-bond acceptors (Lipinski definition) is 2. The second-order valence-corrected chi connectivity index (χ2v) is 5.17. The quantitative estimate of drug-likeness (QED) is 0.431. The number of azide groups is 1. The fourth-order valence-electron chi connectivity index (χ4n) is 2.70. The number of benzene rings is 1. The SMILES string of the molecule is [N-]=[N+]=NC[C@@H]1CCC[C@H](OCCc2ccccc2)C1. The van der Waals surface area contributed by atoms with Crippen molar-refractivity contribution in [3.63, 3.8) is 0 Å². The molecule has 2 atom stereocenters. The van der Waals surface area contributed by atoms with Crippen LogP contribution in [0.25, 0.3) is 10.4 Å². The zero-order chi connectivity index (χ0) is 13.3. The van der Waals surface area contributed by atoms with E-state index in [4.69, 9.17) is 10.3 Å². The fourth-order valence-corrected chi connectivity index (χ4v) is 2.70. The van der Waals surface area contributed by atoms with Crippen LogP contribution in [0.4, 0.5) is 0 Å². The van der Waals surface area contributed by atoms with E-state index in [1.807, 2.05) is 6.07 Å². The van der Waals surface area contributed by atoms with Gasteiger partial charge in [0.25, 0.3) is 0 Å². The van der Waals surface area contributed by atoms with Crippen LogP contribution in [0.1, 0.15) is 31.2 Å². The second kappa shape index (κ2) is 7.82. The lowest BCUT2D eigenvalue weighted by Crippen LogP contribution is -2.25. The normalized spacial score (nSPS) is 22.7. The first-order valence-corrected chi connectivity index (χ1v) is 7.05. The molecule has 0 N–H and O–H groups in total. The van der Waals surface area contributed by atoms with Gasteiger partial charge in [-0.25, -0.2) is 0 Å². The maximum atomic E-state index is 8.36. The van der Waals surface area contributed by atoms with Gasteiger partial charge in [-0.3, -0.25) is 0 Å². The molecule has 1 aliphatic rings. The molecule has 0 saturated heterocycles. The standard InChI is InChI=1S/C15H21N3O/c16-18-17-12-14-7-4-8-15(11-14)19-10-9-13-5-2-1-3-6-13/h1-3,5-6,14-15H,4,7-12H2/t14-,15+/m1/s1. The zero-order valence-corrected chi connectivity index (χ0v) is 11.2. The summed E-state index contributed by atoms with van der Waals surface area (Å²) in [4.78, 5) is 2.84. The predicted octanol–water partition coefficient (Wildman–Crippen LogP) is 4.11. The number of rotatable bonds is 6. The van der Waals surface area contributed by atoms with E-state index in [0.717, 1.165) is 32.3 Å². The first-order valence-electron chi connectivity index (χ1n) is 7.05. The molecule has 0 heterocycles. The van der Waals surface area contributed by atoms with Crippen molar-refractivity contribution < 1.29 is 4.74 Å². The summed E-state index contributed by atoms with van der Waals surface area (Å²) in [6.45, 7) is 1.40. The van der Waals surface area contributed by atoms with Crippen LogP contribution >= 0.6 is 0 Å². The molecule has 1 aliphatic carbocycles. The van der Waals surface area contributed by atoms with Crippen LogP contribution in [0, 0.1) is 5.92 Å². The van der Waals surface area contributed by atoms with Crippen molar-refractivity contribution in [1.82, 2.24) is 0 Å². The van der Waals surface area contributed by atoms with Gasteiger partial charge in [0, 0.05) is 11.5 Å². The third kappa shape index (κ3) is 4.93. The summed E-state index contributed by atoms with van der Waals surface area (Å²) in [5.41, 5.74) is 9.68. The minimum atomic E-state index is 0.344. The molecule has 0 amide bonds. The van der Waals surface area contributed by atoms with E-state index in [9.17, 15) is 0 Å². The zero-order valence-electron chi connectivity index (χ0n) is 11.2. The van der Waals surface area contributed by atoms with Gasteiger partial charge < -0.3 is 4.74 Å². The fraction of sp³-hybridized carbons (Fsp3) is 0.600. The Morgan fingerprint density at radius 2 is 2.11 bits per heavy atom. The van der Waals surface area contributed by atoms with E-state index in [1.165, 1.54) is 12.0 Å². The molecule has 1 fully saturated rings. The summed E-state index contributed by atoms with van der Waals surface area (Å²) in [6, 6.07) is 10.4. The highest BCUT2D eigenvalue weighted by molar-refractivity contribution is 5.14. The predicted molar refractivity (Wildman–Crippen MR) is 75.9 cm³/mol. The highest BCUT2D eigenvalue weighted by Gasteiger charge is 2.21. The lowest BCUT2D eigenvalue weighted by atomic mass is 9.87. The molecule has 1 saturated carbocycles. The van der Waals surface area contributed by atoms with Crippen LogP contribution in [0.5, 0.6) is 0 Å². The van der Waals surface area contributed by atoms with Crippen LogP contribution in [0.15, 0.2) is 35.4 Å². The minimum Gasteiger partial charge on any atom is -0.378 e. The molecule has 102 valence electrons. The third-order valence-corrected chi connectivity index (χ3v) is 3.72. The number of nitrogens with zero attached hydrogens (tertiary/aromatic N) is 3. The van der Waals surface area contributed by atoms with Crippen molar-refractivity contribution in [2.24, 2.45) is 11.0 Å². The smallest absolute Gasteiger partial charge is 0.0578 e. The van der Waals surface area contributed by atoms with Crippen LogP contribution < -0.4 is 0 Å². The van der Waals surface area contributed by atoms with Crippen molar-refractivity contribution >= 4 is 0 Å². The molecule has 0 aliphatic heterocycles. The maximum Gasteiger partial charge on any atom is 0.0578 e. The lowest BCUT2D eigenvalue weighted by Gasteiger charge is -2.28. The Kier molecular flexibility index (Phi) is 5.73. The van der Waals surface area contributed by atoms with Gasteiger partial charge in [-0.1, -0.05) is 48.3 Å². The molecule has 0 unspecified atom stereocenters. The summed E-state index contributed by atoms with van der Waals surface area (Å²) in [7, 11) is 0. The Balaban J connectivity index is 1.69. The molecule has 1 aromatic carbocycles. The molecular weight excluding hydrogens is 238 g/mol. The molecule has 0 aromatic heterocycles. The van der Waals surface area contributed by atoms with E-state index < -0.39 is 0 Å². The largest absolute Gasteiger partial charge is 0.378 e. The van der Waals surface area contributed by atoms with Gasteiger partial charge in [0.2, 0.25) is 0 Å². The van der Waals surface area contributed by atoms with E-state index in [-0.39, 0.29) is 0 Å². The molecule has 0 radical (unpaired) electrons. The lowest BCUT2D eigenvalue weighted by molar-refractivity contribution is 0.0160. The van der Waals surface area contributed by atoms with Gasteiger partial charge in [-0.05, 0) is 36.3 Å². The van der Waals surface area contributed by atoms with Gasteiger partial charge in [-0.2, -0.15) is 0 Å². The van der Waals surface area contributed by atoms with Crippen molar-refractivity contribution in [3.05, 3.63) is 46.3 Å². The van der Waals surface area contributed by atoms with E-state index in [2.05, 4.69) is 34.3 Å². The van der Waals surface area contributed by atoms with Crippen molar-refractivity contribution in [2.45, 2.75) is 38.2 Å². The maximum absolute atomic E-state index is 8.36. The highest BCUT2D eigenvalue weighted by Crippen LogP contribution is 2.26. The average Bonchev–Trinajstić information content (AvgIpc) is 2.47.